The van der Waals surface area contributed by atoms with Crippen molar-refractivity contribution in [2.75, 3.05) is 0 Å². The summed E-state index contributed by atoms with van der Waals surface area (Å²) in [5.41, 5.74) is 3.07. The molecule has 15 heavy (non-hydrogen) atoms. The van der Waals surface area contributed by atoms with E-state index in [0.29, 0.717) is 5.92 Å². The molecule has 0 fully saturated rings. The number of hydrogen-bond donors (Lipinski definition) is 0. The lowest BCUT2D eigenvalue weighted by Gasteiger charge is -2.28. The minimum atomic E-state index is 0.575. The van der Waals surface area contributed by atoms with E-state index in [1.54, 1.807) is 5.57 Å². The van der Waals surface area contributed by atoms with Crippen LogP contribution < -0.4 is 0 Å². The zero-order valence-corrected chi connectivity index (χ0v) is 11.0. The molecule has 1 rings (SSSR count). The van der Waals surface area contributed by atoms with E-state index < -0.39 is 0 Å². The van der Waals surface area contributed by atoms with E-state index in [2.05, 4.69) is 47.3 Å². The van der Waals surface area contributed by atoms with Crippen LogP contribution in [-0.2, 0) is 0 Å². The minimum Gasteiger partial charge on any atom is -0.0993 e. The SMILES string of the molecule is C=C1CC(C)C(C(C)C)C(CC)=CC1C. The Kier molecular flexibility index (Phi) is 4.19. The molecule has 3 unspecified atom stereocenters. The van der Waals surface area contributed by atoms with E-state index in [1.165, 1.54) is 18.4 Å². The third kappa shape index (κ3) is 2.74. The van der Waals surface area contributed by atoms with Crippen LogP contribution in [0, 0.1) is 23.7 Å². The van der Waals surface area contributed by atoms with Crippen molar-refractivity contribution in [2.45, 2.75) is 47.5 Å². The molecule has 0 bridgehead atoms. The van der Waals surface area contributed by atoms with Gasteiger partial charge in [-0.2, -0.15) is 0 Å². The Morgan fingerprint density at radius 1 is 1.40 bits per heavy atom. The lowest BCUT2D eigenvalue weighted by atomic mass is 9.77. The summed E-state index contributed by atoms with van der Waals surface area (Å²) in [6.07, 6.45) is 4.87. The molecule has 0 heterocycles. The van der Waals surface area contributed by atoms with E-state index in [0.717, 1.165) is 17.8 Å². The second-order valence-electron chi connectivity index (χ2n) is 5.49. The number of rotatable bonds is 2. The Morgan fingerprint density at radius 3 is 2.47 bits per heavy atom. The van der Waals surface area contributed by atoms with Gasteiger partial charge in [-0.15, -0.1) is 0 Å². The van der Waals surface area contributed by atoms with Gasteiger partial charge in [-0.05, 0) is 36.5 Å². The van der Waals surface area contributed by atoms with Crippen LogP contribution in [0.15, 0.2) is 23.8 Å². The van der Waals surface area contributed by atoms with E-state index in [1.807, 2.05) is 0 Å². The van der Waals surface area contributed by atoms with E-state index in [9.17, 15) is 0 Å². The van der Waals surface area contributed by atoms with Gasteiger partial charge in [0.1, 0.15) is 0 Å². The van der Waals surface area contributed by atoms with Crippen LogP contribution in [0.4, 0.5) is 0 Å². The summed E-state index contributed by atoms with van der Waals surface area (Å²) in [6, 6.07) is 0. The summed E-state index contributed by atoms with van der Waals surface area (Å²) in [6.45, 7) is 15.9. The summed E-state index contributed by atoms with van der Waals surface area (Å²) >= 11 is 0. The van der Waals surface area contributed by atoms with Crippen LogP contribution in [0.1, 0.15) is 47.5 Å². The molecule has 0 radical (unpaired) electrons. The maximum absolute atomic E-state index is 4.22. The molecule has 0 heteroatoms. The van der Waals surface area contributed by atoms with Gasteiger partial charge < -0.3 is 0 Å². The molecule has 1 aliphatic rings. The largest absolute Gasteiger partial charge is 0.0993 e. The summed E-state index contributed by atoms with van der Waals surface area (Å²) in [7, 11) is 0. The van der Waals surface area contributed by atoms with Crippen LogP contribution in [-0.4, -0.2) is 0 Å². The van der Waals surface area contributed by atoms with Gasteiger partial charge in [0.2, 0.25) is 0 Å². The Bertz CT molecular complexity index is 257. The van der Waals surface area contributed by atoms with E-state index in [4.69, 9.17) is 0 Å². The van der Waals surface area contributed by atoms with Gasteiger partial charge in [-0.3, -0.25) is 0 Å². The van der Waals surface area contributed by atoms with Gasteiger partial charge in [0, 0.05) is 0 Å². The van der Waals surface area contributed by atoms with E-state index >= 15 is 0 Å². The zero-order chi connectivity index (χ0) is 11.6. The predicted molar refractivity (Wildman–Crippen MR) is 68.8 cm³/mol. The van der Waals surface area contributed by atoms with Crippen LogP contribution in [0.3, 0.4) is 0 Å². The molecule has 0 N–H and O–H groups in total. The molecular weight excluding hydrogens is 180 g/mol. The molecule has 3 atom stereocenters. The summed E-state index contributed by atoms with van der Waals surface area (Å²) in [5.74, 6) is 2.85. The highest BCUT2D eigenvalue weighted by atomic mass is 14.3. The Labute approximate surface area is 95.5 Å². The first-order valence-electron chi connectivity index (χ1n) is 6.35. The van der Waals surface area contributed by atoms with E-state index in [-0.39, 0.29) is 0 Å². The fourth-order valence-electron chi connectivity index (χ4n) is 3.08. The number of hydrogen-bond acceptors (Lipinski definition) is 0. The lowest BCUT2D eigenvalue weighted by molar-refractivity contribution is 0.312. The average Bonchev–Trinajstić information content (AvgIpc) is 2.24. The number of allylic oxidation sites excluding steroid dienone is 3. The second-order valence-corrected chi connectivity index (χ2v) is 5.49. The van der Waals surface area contributed by atoms with Crippen molar-refractivity contribution in [3.63, 3.8) is 0 Å². The van der Waals surface area contributed by atoms with Crippen molar-refractivity contribution in [1.29, 1.82) is 0 Å². The van der Waals surface area contributed by atoms with Crippen molar-refractivity contribution >= 4 is 0 Å². The lowest BCUT2D eigenvalue weighted by Crippen LogP contribution is -2.19. The summed E-state index contributed by atoms with van der Waals surface area (Å²) in [4.78, 5) is 0. The van der Waals surface area contributed by atoms with Crippen LogP contribution in [0.5, 0.6) is 0 Å². The third-order valence-electron chi connectivity index (χ3n) is 3.86. The molecule has 0 amide bonds. The smallest absolute Gasteiger partial charge is 0.00515 e. The summed E-state index contributed by atoms with van der Waals surface area (Å²) < 4.78 is 0. The first-order chi connectivity index (χ1) is 6.97. The molecule has 0 saturated heterocycles. The van der Waals surface area contributed by atoms with Crippen LogP contribution in [0.25, 0.3) is 0 Å². The van der Waals surface area contributed by atoms with Crippen molar-refractivity contribution < 1.29 is 0 Å². The standard InChI is InChI=1S/C15H26/c1-7-14-9-12(5)11(4)8-13(6)15(14)10(2)3/h9-10,12-13,15H,4,7-8H2,1-3,5-6H3. The molecule has 0 aromatic carbocycles. The van der Waals surface area contributed by atoms with Gasteiger partial charge >= 0.3 is 0 Å². The minimum absolute atomic E-state index is 0.575. The van der Waals surface area contributed by atoms with Crippen LogP contribution in [0.2, 0.25) is 0 Å². The van der Waals surface area contributed by atoms with Crippen molar-refractivity contribution in [1.82, 2.24) is 0 Å². The van der Waals surface area contributed by atoms with Gasteiger partial charge in [0.15, 0.2) is 0 Å². The van der Waals surface area contributed by atoms with Gasteiger partial charge in [0.05, 0.1) is 0 Å². The Hall–Kier alpha value is -0.520. The third-order valence-corrected chi connectivity index (χ3v) is 3.86. The molecule has 0 aromatic heterocycles. The highest BCUT2D eigenvalue weighted by Crippen LogP contribution is 2.39. The molecule has 0 aliphatic heterocycles. The van der Waals surface area contributed by atoms with Crippen LogP contribution >= 0.6 is 0 Å². The highest BCUT2D eigenvalue weighted by molar-refractivity contribution is 5.21. The van der Waals surface area contributed by atoms with Gasteiger partial charge in [-0.25, -0.2) is 0 Å². The molecule has 0 nitrogen and oxygen atoms in total. The first-order valence-corrected chi connectivity index (χ1v) is 6.35. The molecule has 0 spiro atoms. The van der Waals surface area contributed by atoms with Crippen molar-refractivity contribution in [2.24, 2.45) is 23.7 Å². The second kappa shape index (κ2) is 5.01. The summed E-state index contributed by atoms with van der Waals surface area (Å²) in [5, 5.41) is 0. The maximum Gasteiger partial charge on any atom is -0.00515 e. The zero-order valence-electron chi connectivity index (χ0n) is 11.0. The highest BCUT2D eigenvalue weighted by Gasteiger charge is 2.28. The quantitative estimate of drug-likeness (QED) is 0.568. The maximum atomic E-state index is 4.22. The predicted octanol–water partition coefficient (Wildman–Crippen LogP) is 4.83. The normalized spacial score (nSPS) is 32.8. The molecule has 1 aliphatic carbocycles. The monoisotopic (exact) mass is 206 g/mol. The fraction of sp³-hybridized carbons (Fsp3) is 0.733. The van der Waals surface area contributed by atoms with Crippen molar-refractivity contribution in [3.05, 3.63) is 23.8 Å². The fourth-order valence-corrected chi connectivity index (χ4v) is 3.08. The van der Waals surface area contributed by atoms with Crippen molar-refractivity contribution in [3.8, 4) is 0 Å². The Morgan fingerprint density at radius 2 is 2.00 bits per heavy atom. The van der Waals surface area contributed by atoms with Gasteiger partial charge in [-0.1, -0.05) is 58.4 Å². The van der Waals surface area contributed by atoms with Gasteiger partial charge in [0.25, 0.3) is 0 Å². The molecule has 0 aromatic rings. The first kappa shape index (κ1) is 12.5. The average molecular weight is 206 g/mol. The molecule has 86 valence electrons. The molecular formula is C15H26. The Balaban J connectivity index is 3.02. The topological polar surface area (TPSA) is 0 Å². The molecule has 0 saturated carbocycles.